The van der Waals surface area contributed by atoms with Crippen LogP contribution in [0.15, 0.2) is 40.8 Å². The summed E-state index contributed by atoms with van der Waals surface area (Å²) in [5.74, 6) is -0.204. The van der Waals surface area contributed by atoms with E-state index in [1.165, 1.54) is 13.2 Å². The lowest BCUT2D eigenvalue weighted by Crippen LogP contribution is -2.22. The van der Waals surface area contributed by atoms with Crippen molar-refractivity contribution in [3.05, 3.63) is 63.9 Å². The summed E-state index contributed by atoms with van der Waals surface area (Å²) >= 11 is 5.99. The molecule has 2 aromatic rings. The van der Waals surface area contributed by atoms with Crippen LogP contribution < -0.4 is 4.74 Å². The molecule has 1 unspecified atom stereocenters. The van der Waals surface area contributed by atoms with Crippen molar-refractivity contribution in [2.24, 2.45) is 4.40 Å². The van der Waals surface area contributed by atoms with Crippen LogP contribution in [-0.4, -0.2) is 21.8 Å². The zero-order chi connectivity index (χ0) is 19.5. The molecule has 0 aliphatic rings. The molecule has 2 aromatic carbocycles. The minimum Gasteiger partial charge on any atom is -0.497 e. The molecule has 26 heavy (non-hydrogen) atoms. The number of methoxy groups -OCH3 is 1. The molecule has 0 bridgehead atoms. The Labute approximate surface area is 159 Å². The highest BCUT2D eigenvalue weighted by Gasteiger charge is 2.23. The molecule has 4 nitrogen and oxygen atoms in total. The topological polar surface area (TPSA) is 62.4 Å². The largest absolute Gasteiger partial charge is 0.497 e. The zero-order valence-corrected chi connectivity index (χ0v) is 16.4. The van der Waals surface area contributed by atoms with Crippen molar-refractivity contribution in [2.45, 2.75) is 25.5 Å². The van der Waals surface area contributed by atoms with E-state index in [2.05, 4.69) is 4.40 Å². The SMILES string of the molecule is COc1cccc(C(=NS(=O)C(C)(C)C)c2cc(Cl)cc(F)c2C#N)c1. The van der Waals surface area contributed by atoms with Crippen molar-refractivity contribution in [1.29, 1.82) is 5.26 Å². The van der Waals surface area contributed by atoms with Crippen LogP contribution in [-0.2, 0) is 11.0 Å². The number of hydrogen-bond donors (Lipinski definition) is 0. The van der Waals surface area contributed by atoms with Gasteiger partial charge in [-0.05, 0) is 45.0 Å². The van der Waals surface area contributed by atoms with Crippen molar-refractivity contribution < 1.29 is 13.3 Å². The maximum Gasteiger partial charge on any atom is 0.145 e. The van der Waals surface area contributed by atoms with E-state index in [4.69, 9.17) is 16.3 Å². The van der Waals surface area contributed by atoms with Gasteiger partial charge in [-0.15, -0.1) is 0 Å². The number of halogens is 2. The van der Waals surface area contributed by atoms with Crippen LogP contribution in [0.25, 0.3) is 0 Å². The summed E-state index contributed by atoms with van der Waals surface area (Å²) < 4.78 is 35.8. The average molecular weight is 393 g/mol. The van der Waals surface area contributed by atoms with Crippen LogP contribution in [0.4, 0.5) is 4.39 Å². The fraction of sp³-hybridized carbons (Fsp3) is 0.263. The normalized spacial score (nSPS) is 13.2. The van der Waals surface area contributed by atoms with Gasteiger partial charge in [0.05, 0.1) is 23.1 Å². The molecule has 7 heteroatoms. The molecule has 0 spiro atoms. The highest BCUT2D eigenvalue weighted by Crippen LogP contribution is 2.26. The first kappa shape index (κ1) is 20.1. The third-order valence-corrected chi connectivity index (χ3v) is 5.08. The third kappa shape index (κ3) is 4.48. The lowest BCUT2D eigenvalue weighted by atomic mass is 9.97. The van der Waals surface area contributed by atoms with E-state index in [1.807, 2.05) is 6.07 Å². The highest BCUT2D eigenvalue weighted by atomic mass is 35.5. The fourth-order valence-corrected chi connectivity index (χ4v) is 2.97. The van der Waals surface area contributed by atoms with Crippen molar-refractivity contribution in [3.8, 4) is 11.8 Å². The molecular weight excluding hydrogens is 375 g/mol. The summed E-state index contributed by atoms with van der Waals surface area (Å²) in [7, 11) is -0.111. The Morgan fingerprint density at radius 1 is 1.31 bits per heavy atom. The molecule has 0 fully saturated rings. The van der Waals surface area contributed by atoms with Crippen LogP contribution in [0.2, 0.25) is 5.02 Å². The fourth-order valence-electron chi connectivity index (χ4n) is 2.12. The molecule has 0 amide bonds. The molecule has 1 atom stereocenters. The van der Waals surface area contributed by atoms with Crippen molar-refractivity contribution in [1.82, 2.24) is 0 Å². The van der Waals surface area contributed by atoms with Gasteiger partial charge in [0.25, 0.3) is 0 Å². The molecule has 2 rings (SSSR count). The number of rotatable bonds is 4. The van der Waals surface area contributed by atoms with Gasteiger partial charge in [0.15, 0.2) is 0 Å². The van der Waals surface area contributed by atoms with E-state index in [9.17, 15) is 13.9 Å². The number of benzene rings is 2. The number of hydrogen-bond acceptors (Lipinski definition) is 3. The van der Waals surface area contributed by atoms with Gasteiger partial charge in [0, 0.05) is 16.1 Å². The Hall–Kier alpha value is -2.23. The molecule has 0 saturated carbocycles. The molecule has 0 aliphatic heterocycles. The van der Waals surface area contributed by atoms with Crippen LogP contribution in [0, 0.1) is 17.1 Å². The van der Waals surface area contributed by atoms with E-state index >= 15 is 0 Å². The monoisotopic (exact) mass is 392 g/mol. The molecule has 0 aromatic heterocycles. The number of nitriles is 1. The molecule has 0 radical (unpaired) electrons. The summed E-state index contributed by atoms with van der Waals surface area (Å²) in [4.78, 5) is 0. The summed E-state index contributed by atoms with van der Waals surface area (Å²) in [6, 6.07) is 11.2. The first-order chi connectivity index (χ1) is 12.2. The van der Waals surface area contributed by atoms with Crippen LogP contribution in [0.5, 0.6) is 5.75 Å². The van der Waals surface area contributed by atoms with Gasteiger partial charge >= 0.3 is 0 Å². The van der Waals surface area contributed by atoms with E-state index in [0.717, 1.165) is 6.07 Å². The first-order valence-corrected chi connectivity index (χ1v) is 9.20. The van der Waals surface area contributed by atoms with Crippen LogP contribution in [0.1, 0.15) is 37.5 Å². The highest BCUT2D eigenvalue weighted by molar-refractivity contribution is 7.85. The maximum absolute atomic E-state index is 14.2. The summed E-state index contributed by atoms with van der Waals surface area (Å²) in [6.07, 6.45) is 0. The second-order valence-corrected chi connectivity index (χ2v) is 8.80. The van der Waals surface area contributed by atoms with Crippen molar-refractivity contribution >= 4 is 28.3 Å². The predicted octanol–water partition coefficient (Wildman–Crippen LogP) is 4.66. The predicted molar refractivity (Wildman–Crippen MR) is 103 cm³/mol. The van der Waals surface area contributed by atoms with Gasteiger partial charge in [0.1, 0.15) is 28.6 Å². The number of nitrogens with zero attached hydrogens (tertiary/aromatic N) is 2. The van der Waals surface area contributed by atoms with Gasteiger partial charge in [-0.2, -0.15) is 9.66 Å². The average Bonchev–Trinajstić information content (AvgIpc) is 2.58. The van der Waals surface area contributed by atoms with Gasteiger partial charge in [-0.1, -0.05) is 23.7 Å². The number of ether oxygens (including phenoxy) is 1. The van der Waals surface area contributed by atoms with E-state index in [-0.39, 0.29) is 21.9 Å². The molecule has 136 valence electrons. The third-order valence-electron chi connectivity index (χ3n) is 3.46. The smallest absolute Gasteiger partial charge is 0.145 e. The maximum atomic E-state index is 14.2. The Kier molecular flexibility index (Phi) is 6.17. The first-order valence-electron chi connectivity index (χ1n) is 7.72. The Morgan fingerprint density at radius 2 is 2.00 bits per heavy atom. The van der Waals surface area contributed by atoms with Gasteiger partial charge < -0.3 is 4.74 Å². The van der Waals surface area contributed by atoms with Crippen LogP contribution >= 0.6 is 11.6 Å². The van der Waals surface area contributed by atoms with Crippen molar-refractivity contribution in [2.75, 3.05) is 7.11 Å². The second kappa shape index (κ2) is 7.98. The molecule has 0 N–H and O–H groups in total. The Balaban J connectivity index is 2.80. The minimum atomic E-state index is -1.63. The summed E-state index contributed by atoms with van der Waals surface area (Å²) in [5.41, 5.74) is 0.737. The standard InChI is InChI=1S/C19H18ClFN2O2S/c1-19(2,3)26(24)23-18(12-6-5-7-14(8-12)25-4)15-9-13(20)10-17(21)16(15)11-22/h5-10H,1-4H3. The molecule has 0 heterocycles. The van der Waals surface area contributed by atoms with E-state index in [1.54, 1.807) is 45.0 Å². The Morgan fingerprint density at radius 3 is 2.58 bits per heavy atom. The quantitative estimate of drug-likeness (QED) is 0.711. The Bertz CT molecular complexity index is 930. The molecule has 0 saturated heterocycles. The zero-order valence-electron chi connectivity index (χ0n) is 14.8. The molecular formula is C19H18ClFN2O2S. The summed E-state index contributed by atoms with van der Waals surface area (Å²) in [6.45, 7) is 5.33. The van der Waals surface area contributed by atoms with E-state index < -0.39 is 21.5 Å². The summed E-state index contributed by atoms with van der Waals surface area (Å²) in [5, 5.41) is 9.51. The van der Waals surface area contributed by atoms with Gasteiger partial charge in [-0.3, -0.25) is 0 Å². The van der Waals surface area contributed by atoms with Gasteiger partial charge in [0.2, 0.25) is 0 Å². The van der Waals surface area contributed by atoms with Crippen molar-refractivity contribution in [3.63, 3.8) is 0 Å². The minimum absolute atomic E-state index is 0.119. The van der Waals surface area contributed by atoms with Gasteiger partial charge in [-0.25, -0.2) is 8.60 Å². The lowest BCUT2D eigenvalue weighted by Gasteiger charge is -2.16. The van der Waals surface area contributed by atoms with E-state index in [0.29, 0.717) is 11.3 Å². The second-order valence-electron chi connectivity index (χ2n) is 6.46. The molecule has 0 aliphatic carbocycles. The van der Waals surface area contributed by atoms with Crippen LogP contribution in [0.3, 0.4) is 0 Å². The lowest BCUT2D eigenvalue weighted by molar-refractivity contribution is 0.414.